The third kappa shape index (κ3) is 10.4. The van der Waals surface area contributed by atoms with E-state index in [4.69, 9.17) is 5.11 Å². The van der Waals surface area contributed by atoms with Crippen LogP contribution in [0.15, 0.2) is 0 Å². The number of hydrogen-bond donors (Lipinski definition) is 3. The molecule has 0 radical (unpaired) electrons. The van der Waals surface area contributed by atoms with Crippen molar-refractivity contribution in [3.05, 3.63) is 0 Å². The molecule has 2 amide bonds. The van der Waals surface area contributed by atoms with E-state index in [2.05, 4.69) is 10.1 Å². The molecule has 21 heavy (non-hydrogen) atoms. The molecule has 0 aromatic rings. The number of alkyl halides is 3. The maximum atomic E-state index is 11.8. The second-order valence-electron chi connectivity index (χ2n) is 4.14. The van der Waals surface area contributed by atoms with Crippen LogP contribution in [0.4, 0.5) is 18.0 Å². The number of carbonyl (C=O) groups excluding carboxylic acids is 2. The number of carboxylic acid groups (broad SMARTS) is 1. The zero-order chi connectivity index (χ0) is 16.5. The van der Waals surface area contributed by atoms with Crippen LogP contribution in [0.25, 0.3) is 0 Å². The van der Waals surface area contributed by atoms with Crippen LogP contribution in [0.1, 0.15) is 25.7 Å². The minimum absolute atomic E-state index is 0.0352. The van der Waals surface area contributed by atoms with Gasteiger partial charge >= 0.3 is 24.1 Å². The van der Waals surface area contributed by atoms with Gasteiger partial charge in [0.05, 0.1) is 13.5 Å². The number of esters is 1. The molecule has 0 spiro atoms. The highest BCUT2D eigenvalue weighted by Gasteiger charge is 2.26. The van der Waals surface area contributed by atoms with Crippen molar-refractivity contribution >= 4 is 18.0 Å². The van der Waals surface area contributed by atoms with Crippen LogP contribution < -0.4 is 10.6 Å². The summed E-state index contributed by atoms with van der Waals surface area (Å²) in [6.07, 6.45) is -5.78. The monoisotopic (exact) mass is 314 g/mol. The van der Waals surface area contributed by atoms with E-state index in [1.54, 1.807) is 0 Å². The number of methoxy groups -OCH3 is 1. The third-order valence-corrected chi connectivity index (χ3v) is 2.37. The van der Waals surface area contributed by atoms with Gasteiger partial charge in [-0.05, 0) is 12.8 Å². The molecule has 10 heteroatoms. The number of rotatable bonds is 8. The first-order valence-corrected chi connectivity index (χ1v) is 6.06. The molecule has 1 atom stereocenters. The predicted molar refractivity (Wildman–Crippen MR) is 64.5 cm³/mol. The normalized spacial score (nSPS) is 12.4. The molecule has 0 fully saturated rings. The molecule has 0 rings (SSSR count). The van der Waals surface area contributed by atoms with Gasteiger partial charge in [-0.1, -0.05) is 0 Å². The first-order chi connectivity index (χ1) is 9.65. The number of urea groups is 1. The van der Waals surface area contributed by atoms with Crippen molar-refractivity contribution in [2.24, 2.45) is 0 Å². The second kappa shape index (κ2) is 9.03. The van der Waals surface area contributed by atoms with E-state index >= 15 is 0 Å². The number of halogens is 3. The fourth-order valence-corrected chi connectivity index (χ4v) is 1.31. The molecule has 0 aliphatic rings. The summed E-state index contributed by atoms with van der Waals surface area (Å²) in [4.78, 5) is 33.1. The molecule has 0 aromatic heterocycles. The van der Waals surface area contributed by atoms with Crippen LogP contribution in [0, 0.1) is 0 Å². The quantitative estimate of drug-likeness (QED) is 0.458. The van der Waals surface area contributed by atoms with Crippen LogP contribution in [0.5, 0.6) is 0 Å². The SMILES string of the molecule is COC(=O)C[C@H](NC(=O)NCCCCC(F)(F)F)C(=O)O. The highest BCUT2D eigenvalue weighted by Crippen LogP contribution is 2.21. The van der Waals surface area contributed by atoms with Crippen molar-refractivity contribution in [2.45, 2.75) is 37.9 Å². The van der Waals surface area contributed by atoms with Crippen LogP contribution in [-0.2, 0) is 14.3 Å². The van der Waals surface area contributed by atoms with Crippen molar-refractivity contribution in [2.75, 3.05) is 13.7 Å². The fourth-order valence-electron chi connectivity index (χ4n) is 1.31. The molecule has 0 aliphatic heterocycles. The van der Waals surface area contributed by atoms with Gasteiger partial charge in [-0.15, -0.1) is 0 Å². The lowest BCUT2D eigenvalue weighted by molar-refractivity contribution is -0.147. The Bertz CT molecular complexity index is 373. The van der Waals surface area contributed by atoms with Gasteiger partial charge in [-0.2, -0.15) is 13.2 Å². The molecule has 0 saturated heterocycles. The maximum absolute atomic E-state index is 11.8. The van der Waals surface area contributed by atoms with Gasteiger partial charge in [0.25, 0.3) is 0 Å². The first-order valence-electron chi connectivity index (χ1n) is 6.06. The highest BCUT2D eigenvalue weighted by atomic mass is 19.4. The van der Waals surface area contributed by atoms with E-state index in [-0.39, 0.29) is 19.4 Å². The maximum Gasteiger partial charge on any atom is 0.389 e. The summed E-state index contributed by atoms with van der Waals surface area (Å²) in [5.41, 5.74) is 0. The number of carboxylic acids is 1. The van der Waals surface area contributed by atoms with Gasteiger partial charge in [-0.25, -0.2) is 9.59 Å². The number of carbonyl (C=O) groups is 3. The van der Waals surface area contributed by atoms with Gasteiger partial charge < -0.3 is 20.5 Å². The molecule has 3 N–H and O–H groups in total. The van der Waals surface area contributed by atoms with E-state index < -0.39 is 43.0 Å². The summed E-state index contributed by atoms with van der Waals surface area (Å²) in [5, 5.41) is 13.0. The Hall–Kier alpha value is -2.00. The van der Waals surface area contributed by atoms with E-state index in [0.29, 0.717) is 0 Å². The van der Waals surface area contributed by atoms with E-state index in [1.165, 1.54) is 0 Å². The zero-order valence-corrected chi connectivity index (χ0v) is 11.3. The first kappa shape index (κ1) is 19.0. The Labute approximate surface area is 118 Å². The molecule has 0 heterocycles. The lowest BCUT2D eigenvalue weighted by Gasteiger charge is -2.14. The summed E-state index contributed by atoms with van der Waals surface area (Å²) in [6.45, 7) is -0.0352. The smallest absolute Gasteiger partial charge is 0.389 e. The predicted octanol–water partition coefficient (Wildman–Crippen LogP) is 1.03. The van der Waals surface area contributed by atoms with Crippen LogP contribution in [-0.4, -0.2) is 48.9 Å². The Kier molecular flexibility index (Phi) is 8.17. The van der Waals surface area contributed by atoms with Gasteiger partial charge in [0.1, 0.15) is 6.04 Å². The Morgan fingerprint density at radius 1 is 1.24 bits per heavy atom. The molecule has 0 saturated carbocycles. The highest BCUT2D eigenvalue weighted by molar-refractivity contribution is 5.86. The second-order valence-corrected chi connectivity index (χ2v) is 4.14. The standard InChI is InChI=1S/C11H17F3N2O5/c1-21-8(17)6-7(9(18)19)16-10(20)15-5-3-2-4-11(12,13)14/h7H,2-6H2,1H3,(H,18,19)(H2,15,16,20)/t7-/m0/s1. The van der Waals surface area contributed by atoms with Gasteiger partial charge in [0.15, 0.2) is 0 Å². The number of unbranched alkanes of at least 4 members (excludes halogenated alkanes) is 1. The average Bonchev–Trinajstić information content (AvgIpc) is 2.35. The largest absolute Gasteiger partial charge is 0.480 e. The lowest BCUT2D eigenvalue weighted by Crippen LogP contribution is -2.47. The average molecular weight is 314 g/mol. The van der Waals surface area contributed by atoms with E-state index in [9.17, 15) is 27.6 Å². The van der Waals surface area contributed by atoms with Gasteiger partial charge in [0, 0.05) is 13.0 Å². The van der Waals surface area contributed by atoms with Crippen LogP contribution >= 0.6 is 0 Å². The molecule has 0 aliphatic carbocycles. The Morgan fingerprint density at radius 3 is 2.33 bits per heavy atom. The molecule has 122 valence electrons. The topological polar surface area (TPSA) is 105 Å². The van der Waals surface area contributed by atoms with Gasteiger partial charge in [0.2, 0.25) is 0 Å². The third-order valence-electron chi connectivity index (χ3n) is 2.37. The van der Waals surface area contributed by atoms with Crippen LogP contribution in [0.2, 0.25) is 0 Å². The van der Waals surface area contributed by atoms with Crippen molar-refractivity contribution in [1.29, 1.82) is 0 Å². The molecule has 0 bridgehead atoms. The summed E-state index contributed by atoms with van der Waals surface area (Å²) in [7, 11) is 1.07. The molecule has 0 aromatic carbocycles. The molecule has 0 unspecified atom stereocenters. The molecular formula is C11H17F3N2O5. The van der Waals surface area contributed by atoms with E-state index in [1.807, 2.05) is 5.32 Å². The van der Waals surface area contributed by atoms with Crippen molar-refractivity contribution < 1.29 is 37.4 Å². The van der Waals surface area contributed by atoms with E-state index in [0.717, 1.165) is 7.11 Å². The molecule has 7 nitrogen and oxygen atoms in total. The summed E-state index contributed by atoms with van der Waals surface area (Å²) in [5.74, 6) is -2.24. The summed E-state index contributed by atoms with van der Waals surface area (Å²) < 4.78 is 39.8. The minimum atomic E-state index is -4.24. The van der Waals surface area contributed by atoms with Gasteiger partial charge in [-0.3, -0.25) is 4.79 Å². The Balaban J connectivity index is 3.99. The number of aliphatic carboxylic acids is 1. The number of nitrogens with one attached hydrogen (secondary N) is 2. The number of amides is 2. The summed E-state index contributed by atoms with van der Waals surface area (Å²) >= 11 is 0. The van der Waals surface area contributed by atoms with Crippen molar-refractivity contribution in [1.82, 2.24) is 10.6 Å². The Morgan fingerprint density at radius 2 is 1.86 bits per heavy atom. The molecular weight excluding hydrogens is 297 g/mol. The number of ether oxygens (including phenoxy) is 1. The number of hydrogen-bond acceptors (Lipinski definition) is 4. The van der Waals surface area contributed by atoms with Crippen molar-refractivity contribution in [3.8, 4) is 0 Å². The summed E-state index contributed by atoms with van der Waals surface area (Å²) in [6, 6.07) is -2.34. The minimum Gasteiger partial charge on any atom is -0.480 e. The van der Waals surface area contributed by atoms with Crippen molar-refractivity contribution in [3.63, 3.8) is 0 Å². The fraction of sp³-hybridized carbons (Fsp3) is 0.727. The van der Waals surface area contributed by atoms with Crippen LogP contribution in [0.3, 0.4) is 0 Å². The zero-order valence-electron chi connectivity index (χ0n) is 11.3. The lowest BCUT2D eigenvalue weighted by atomic mass is 10.2.